The van der Waals surface area contributed by atoms with Gasteiger partial charge in [-0.15, -0.1) is 0 Å². The minimum atomic E-state index is 0.00256. The topological polar surface area (TPSA) is 52.5 Å². The molecular formula is C15H25NO2. The van der Waals surface area contributed by atoms with E-state index < -0.39 is 0 Å². The van der Waals surface area contributed by atoms with E-state index >= 15 is 0 Å². The Morgan fingerprint density at radius 3 is 2.17 bits per heavy atom. The molecule has 1 rings (SSSR count). The second-order valence-electron chi connectivity index (χ2n) is 6.79. The summed E-state index contributed by atoms with van der Waals surface area (Å²) in [7, 11) is 0. The average molecular weight is 251 g/mol. The second kappa shape index (κ2) is 5.19. The lowest BCUT2D eigenvalue weighted by molar-refractivity contribution is 0.240. The zero-order valence-electron chi connectivity index (χ0n) is 12.0. The third-order valence-corrected chi connectivity index (χ3v) is 2.80. The molecule has 0 heterocycles. The first-order valence-electron chi connectivity index (χ1n) is 6.35. The Kier molecular flexibility index (Phi) is 4.28. The zero-order valence-corrected chi connectivity index (χ0v) is 12.0. The van der Waals surface area contributed by atoms with Crippen LogP contribution in [0, 0.1) is 5.41 Å². The van der Waals surface area contributed by atoms with E-state index in [-0.39, 0.29) is 22.5 Å². The van der Waals surface area contributed by atoms with Crippen LogP contribution in [0.25, 0.3) is 0 Å². The third kappa shape index (κ3) is 4.96. The molecule has 0 aromatic heterocycles. The van der Waals surface area contributed by atoms with Crippen molar-refractivity contribution in [2.45, 2.75) is 53.1 Å². The van der Waals surface area contributed by atoms with Crippen LogP contribution in [0.1, 0.15) is 46.6 Å². The van der Waals surface area contributed by atoms with Crippen LogP contribution >= 0.6 is 0 Å². The third-order valence-electron chi connectivity index (χ3n) is 2.80. The number of phenols is 2. The number of nitrogens with one attached hydrogen (secondary N) is 1. The van der Waals surface area contributed by atoms with Gasteiger partial charge in [0.25, 0.3) is 0 Å². The number of hydrogen-bond acceptors (Lipinski definition) is 3. The normalized spacial score (nSPS) is 12.7. The first-order chi connectivity index (χ1) is 8.09. The molecule has 0 fully saturated rings. The summed E-state index contributed by atoms with van der Waals surface area (Å²) in [6, 6.07) is 4.70. The lowest BCUT2D eigenvalue weighted by Gasteiger charge is -2.33. The summed E-state index contributed by atoms with van der Waals surface area (Å²) in [6.07, 6.45) is 1.04. The number of hydrogen-bond donors (Lipinski definition) is 3. The minimum Gasteiger partial charge on any atom is -0.508 e. The maximum absolute atomic E-state index is 9.72. The summed E-state index contributed by atoms with van der Waals surface area (Å²) in [6.45, 7) is 11.6. The minimum absolute atomic E-state index is 0.00256. The Balaban J connectivity index is 2.64. The number of phenolic OH excluding ortho intramolecular Hbond substituents is 2. The molecule has 102 valence electrons. The van der Waals surface area contributed by atoms with Gasteiger partial charge >= 0.3 is 0 Å². The number of aromatic hydroxyl groups is 2. The summed E-state index contributed by atoms with van der Waals surface area (Å²) in [4.78, 5) is 0. The molecule has 0 unspecified atom stereocenters. The molecule has 0 radical (unpaired) electrons. The standard InChI is InChI=1S/C15H25NO2/c1-14(2,3)10-15(4,5)16-9-11-6-7-12(17)8-13(11)18/h6-8,16-18H,9-10H2,1-5H3. The van der Waals surface area contributed by atoms with Gasteiger partial charge in [0, 0.05) is 23.7 Å². The Bertz CT molecular complexity index is 405. The second-order valence-corrected chi connectivity index (χ2v) is 6.79. The molecule has 0 spiro atoms. The van der Waals surface area contributed by atoms with Gasteiger partial charge in [0.05, 0.1) is 0 Å². The van der Waals surface area contributed by atoms with Crippen molar-refractivity contribution in [3.63, 3.8) is 0 Å². The van der Waals surface area contributed by atoms with Gasteiger partial charge in [-0.05, 0) is 31.7 Å². The first kappa shape index (κ1) is 14.8. The lowest BCUT2D eigenvalue weighted by atomic mass is 9.82. The summed E-state index contributed by atoms with van der Waals surface area (Å²) in [5.74, 6) is 0.222. The fraction of sp³-hybridized carbons (Fsp3) is 0.600. The molecule has 0 aliphatic rings. The highest BCUT2D eigenvalue weighted by atomic mass is 16.3. The molecule has 18 heavy (non-hydrogen) atoms. The van der Waals surface area contributed by atoms with E-state index in [1.165, 1.54) is 6.07 Å². The summed E-state index contributed by atoms with van der Waals surface area (Å²) in [5.41, 5.74) is 1.06. The largest absolute Gasteiger partial charge is 0.508 e. The molecular weight excluding hydrogens is 226 g/mol. The van der Waals surface area contributed by atoms with E-state index in [4.69, 9.17) is 0 Å². The van der Waals surface area contributed by atoms with Gasteiger partial charge in [0.2, 0.25) is 0 Å². The van der Waals surface area contributed by atoms with Crippen LogP contribution in [0.2, 0.25) is 0 Å². The van der Waals surface area contributed by atoms with Gasteiger partial charge in [-0.1, -0.05) is 26.8 Å². The van der Waals surface area contributed by atoms with Crippen molar-refractivity contribution >= 4 is 0 Å². The molecule has 0 amide bonds. The van der Waals surface area contributed by atoms with Crippen LogP contribution in [0.4, 0.5) is 0 Å². The van der Waals surface area contributed by atoms with Crippen LogP contribution in [0.15, 0.2) is 18.2 Å². The highest BCUT2D eigenvalue weighted by molar-refractivity contribution is 5.38. The van der Waals surface area contributed by atoms with E-state index in [0.29, 0.717) is 6.54 Å². The number of benzene rings is 1. The Hall–Kier alpha value is -1.22. The molecule has 1 aromatic rings. The van der Waals surface area contributed by atoms with Gasteiger partial charge < -0.3 is 15.5 Å². The molecule has 3 nitrogen and oxygen atoms in total. The SMILES string of the molecule is CC(C)(C)CC(C)(C)NCc1ccc(O)cc1O. The number of rotatable bonds is 4. The van der Waals surface area contributed by atoms with E-state index in [1.807, 2.05) is 0 Å². The van der Waals surface area contributed by atoms with E-state index in [2.05, 4.69) is 39.9 Å². The molecule has 0 saturated heterocycles. The van der Waals surface area contributed by atoms with Crippen molar-refractivity contribution in [2.75, 3.05) is 0 Å². The predicted molar refractivity (Wildman–Crippen MR) is 74.8 cm³/mol. The maximum Gasteiger partial charge on any atom is 0.123 e. The van der Waals surface area contributed by atoms with Crippen molar-refractivity contribution in [1.82, 2.24) is 5.32 Å². The highest BCUT2D eigenvalue weighted by Crippen LogP contribution is 2.28. The molecule has 3 heteroatoms. The summed E-state index contributed by atoms with van der Waals surface area (Å²) in [5, 5.41) is 22.4. The van der Waals surface area contributed by atoms with Crippen molar-refractivity contribution in [3.8, 4) is 11.5 Å². The lowest BCUT2D eigenvalue weighted by Crippen LogP contribution is -2.41. The smallest absolute Gasteiger partial charge is 0.123 e. The van der Waals surface area contributed by atoms with Crippen LogP contribution < -0.4 is 5.32 Å². The van der Waals surface area contributed by atoms with E-state index in [9.17, 15) is 10.2 Å². The maximum atomic E-state index is 9.72. The van der Waals surface area contributed by atoms with Gasteiger partial charge in [-0.25, -0.2) is 0 Å². The van der Waals surface area contributed by atoms with Crippen molar-refractivity contribution in [3.05, 3.63) is 23.8 Å². The summed E-state index contributed by atoms with van der Waals surface area (Å²) < 4.78 is 0. The molecule has 0 aliphatic heterocycles. The molecule has 3 N–H and O–H groups in total. The Morgan fingerprint density at radius 1 is 1.06 bits per heavy atom. The van der Waals surface area contributed by atoms with E-state index in [0.717, 1.165) is 12.0 Å². The molecule has 0 aliphatic carbocycles. The van der Waals surface area contributed by atoms with Crippen molar-refractivity contribution < 1.29 is 10.2 Å². The van der Waals surface area contributed by atoms with Crippen LogP contribution in [0.3, 0.4) is 0 Å². The van der Waals surface area contributed by atoms with Gasteiger partial charge in [0.1, 0.15) is 11.5 Å². The fourth-order valence-electron chi connectivity index (χ4n) is 2.42. The van der Waals surface area contributed by atoms with Gasteiger partial charge in [-0.2, -0.15) is 0 Å². The van der Waals surface area contributed by atoms with Crippen LogP contribution in [0.5, 0.6) is 11.5 Å². The Labute approximate surface area is 110 Å². The molecule has 0 bridgehead atoms. The molecule has 0 saturated carbocycles. The van der Waals surface area contributed by atoms with Gasteiger partial charge in [-0.3, -0.25) is 0 Å². The van der Waals surface area contributed by atoms with Gasteiger partial charge in [0.15, 0.2) is 0 Å². The molecule has 1 aromatic carbocycles. The Morgan fingerprint density at radius 2 is 1.67 bits per heavy atom. The van der Waals surface area contributed by atoms with Crippen molar-refractivity contribution in [1.29, 1.82) is 0 Å². The average Bonchev–Trinajstić information content (AvgIpc) is 2.12. The highest BCUT2D eigenvalue weighted by Gasteiger charge is 2.24. The summed E-state index contributed by atoms with van der Waals surface area (Å²) >= 11 is 0. The zero-order chi connectivity index (χ0) is 14.0. The van der Waals surface area contributed by atoms with Crippen LogP contribution in [-0.2, 0) is 6.54 Å². The first-order valence-corrected chi connectivity index (χ1v) is 6.35. The molecule has 0 atom stereocenters. The van der Waals surface area contributed by atoms with Crippen molar-refractivity contribution in [2.24, 2.45) is 5.41 Å². The quantitative estimate of drug-likeness (QED) is 0.768. The van der Waals surface area contributed by atoms with E-state index in [1.54, 1.807) is 12.1 Å². The van der Waals surface area contributed by atoms with Crippen LogP contribution in [-0.4, -0.2) is 15.8 Å². The monoisotopic (exact) mass is 251 g/mol. The predicted octanol–water partition coefficient (Wildman–Crippen LogP) is 3.40. The fourth-order valence-corrected chi connectivity index (χ4v) is 2.42.